The molecule has 2 N–H and O–H groups in total. The Bertz CT molecular complexity index is 565. The lowest BCUT2D eigenvalue weighted by Crippen LogP contribution is -2.51. The van der Waals surface area contributed by atoms with Crippen LogP contribution in [0.5, 0.6) is 11.5 Å². The normalized spacial score (nSPS) is 16.7. The number of hydrogen-bond donors (Lipinski definition) is 1. The van der Waals surface area contributed by atoms with Crippen LogP contribution in [-0.2, 0) is 11.3 Å². The van der Waals surface area contributed by atoms with Crippen molar-refractivity contribution in [3.63, 3.8) is 0 Å². The van der Waals surface area contributed by atoms with Gasteiger partial charge in [-0.15, -0.1) is 24.8 Å². The molecule has 1 fully saturated rings. The summed E-state index contributed by atoms with van der Waals surface area (Å²) in [5.74, 6) is 1.71. The van der Waals surface area contributed by atoms with Gasteiger partial charge in [-0.1, -0.05) is 6.92 Å². The molecule has 1 aliphatic heterocycles. The Hall–Kier alpha value is -1.21. The molecule has 2 unspecified atom stereocenters. The second-order valence-electron chi connectivity index (χ2n) is 6.43. The number of piperazine rings is 1. The summed E-state index contributed by atoms with van der Waals surface area (Å²) >= 11 is 0. The first-order chi connectivity index (χ1) is 11.5. The van der Waals surface area contributed by atoms with Crippen molar-refractivity contribution in [3.05, 3.63) is 23.8 Å². The van der Waals surface area contributed by atoms with Gasteiger partial charge in [0.2, 0.25) is 5.91 Å². The van der Waals surface area contributed by atoms with Gasteiger partial charge in [0.15, 0.2) is 0 Å². The number of methoxy groups -OCH3 is 2. The van der Waals surface area contributed by atoms with Crippen LogP contribution in [-0.4, -0.2) is 62.1 Å². The van der Waals surface area contributed by atoms with Crippen molar-refractivity contribution in [1.29, 1.82) is 0 Å². The maximum absolute atomic E-state index is 12.4. The Morgan fingerprint density at radius 3 is 2.23 bits per heavy atom. The lowest BCUT2D eigenvalue weighted by Gasteiger charge is -2.36. The number of rotatable bonds is 6. The maximum atomic E-state index is 12.4. The maximum Gasteiger partial charge on any atom is 0.227 e. The number of amides is 1. The molecule has 0 aromatic heterocycles. The van der Waals surface area contributed by atoms with E-state index >= 15 is 0 Å². The van der Waals surface area contributed by atoms with Gasteiger partial charge in [0, 0.05) is 44.3 Å². The molecular weight excluding hydrogens is 377 g/mol. The predicted octanol–water partition coefficient (Wildman–Crippen LogP) is 2.17. The molecule has 1 aromatic carbocycles. The van der Waals surface area contributed by atoms with Gasteiger partial charge in [0.25, 0.3) is 0 Å². The van der Waals surface area contributed by atoms with Crippen molar-refractivity contribution < 1.29 is 14.3 Å². The molecule has 1 heterocycles. The lowest BCUT2D eigenvalue weighted by molar-refractivity contribution is -0.137. The number of benzene rings is 1. The van der Waals surface area contributed by atoms with Crippen LogP contribution in [0.2, 0.25) is 0 Å². The molecule has 0 saturated carbocycles. The summed E-state index contributed by atoms with van der Waals surface area (Å²) in [5.41, 5.74) is 6.95. The standard InChI is InChI=1S/C18H29N3O3.2ClH/c1-13(14(2)19)18(22)21-9-7-20(8-10-21)12-15-11-16(23-3)5-6-17(15)24-4;;/h5-6,11,13-14H,7-10,12,19H2,1-4H3;2*1H. The zero-order valence-electron chi connectivity index (χ0n) is 15.9. The Morgan fingerprint density at radius 2 is 1.73 bits per heavy atom. The van der Waals surface area contributed by atoms with Crippen molar-refractivity contribution in [2.45, 2.75) is 26.4 Å². The number of carbonyl (C=O) groups excluding carboxylic acids is 1. The highest BCUT2D eigenvalue weighted by atomic mass is 35.5. The number of nitrogens with two attached hydrogens (primary N) is 1. The fourth-order valence-corrected chi connectivity index (χ4v) is 2.89. The van der Waals surface area contributed by atoms with Gasteiger partial charge >= 0.3 is 0 Å². The Morgan fingerprint density at radius 1 is 1.12 bits per heavy atom. The molecule has 26 heavy (non-hydrogen) atoms. The fourth-order valence-electron chi connectivity index (χ4n) is 2.89. The SMILES string of the molecule is COc1ccc(OC)c(CN2CCN(C(=O)C(C)C(C)N)CC2)c1.Cl.Cl. The minimum atomic E-state index is -0.130. The van der Waals surface area contributed by atoms with E-state index < -0.39 is 0 Å². The zero-order chi connectivity index (χ0) is 17.7. The Balaban J connectivity index is 0.00000312. The lowest BCUT2D eigenvalue weighted by atomic mass is 10.0. The first kappa shape index (κ1) is 24.8. The summed E-state index contributed by atoms with van der Waals surface area (Å²) in [5, 5.41) is 0. The molecule has 1 aromatic rings. The van der Waals surface area contributed by atoms with E-state index in [0.717, 1.165) is 49.8 Å². The topological polar surface area (TPSA) is 68.0 Å². The highest BCUT2D eigenvalue weighted by Gasteiger charge is 2.27. The van der Waals surface area contributed by atoms with Crippen molar-refractivity contribution in [1.82, 2.24) is 9.80 Å². The molecule has 0 bridgehead atoms. The zero-order valence-corrected chi connectivity index (χ0v) is 17.6. The largest absolute Gasteiger partial charge is 0.497 e. The summed E-state index contributed by atoms with van der Waals surface area (Å²) < 4.78 is 10.7. The van der Waals surface area contributed by atoms with Crippen LogP contribution in [0.4, 0.5) is 0 Å². The highest BCUT2D eigenvalue weighted by Crippen LogP contribution is 2.25. The van der Waals surface area contributed by atoms with E-state index in [-0.39, 0.29) is 42.7 Å². The number of nitrogens with zero attached hydrogens (tertiary/aromatic N) is 2. The Kier molecular flexibility index (Phi) is 11.0. The van der Waals surface area contributed by atoms with Crippen molar-refractivity contribution in [2.24, 2.45) is 11.7 Å². The molecule has 0 aliphatic carbocycles. The summed E-state index contributed by atoms with van der Waals surface area (Å²) in [7, 11) is 3.34. The third kappa shape index (κ3) is 6.20. The van der Waals surface area contributed by atoms with Gasteiger partial charge in [0.1, 0.15) is 11.5 Å². The Labute approximate surface area is 168 Å². The van der Waals surface area contributed by atoms with Gasteiger partial charge in [0.05, 0.1) is 20.1 Å². The van der Waals surface area contributed by atoms with Gasteiger partial charge in [-0.25, -0.2) is 0 Å². The molecule has 1 amide bonds. The van der Waals surface area contributed by atoms with E-state index in [1.807, 2.05) is 36.9 Å². The van der Waals surface area contributed by atoms with Crippen LogP contribution >= 0.6 is 24.8 Å². The van der Waals surface area contributed by atoms with E-state index in [0.29, 0.717) is 0 Å². The van der Waals surface area contributed by atoms with Gasteiger partial charge in [-0.2, -0.15) is 0 Å². The number of ether oxygens (including phenoxy) is 2. The molecule has 2 atom stereocenters. The molecule has 1 saturated heterocycles. The van der Waals surface area contributed by atoms with E-state index in [2.05, 4.69) is 4.90 Å². The van der Waals surface area contributed by atoms with Crippen molar-refractivity contribution in [2.75, 3.05) is 40.4 Å². The van der Waals surface area contributed by atoms with Crippen LogP contribution in [0.15, 0.2) is 18.2 Å². The second kappa shape index (κ2) is 11.5. The average molecular weight is 408 g/mol. The van der Waals surface area contributed by atoms with Crippen LogP contribution in [0, 0.1) is 5.92 Å². The van der Waals surface area contributed by atoms with E-state index in [1.54, 1.807) is 14.2 Å². The van der Waals surface area contributed by atoms with Crippen molar-refractivity contribution >= 4 is 30.7 Å². The average Bonchev–Trinajstić information content (AvgIpc) is 2.60. The monoisotopic (exact) mass is 407 g/mol. The molecule has 8 heteroatoms. The predicted molar refractivity (Wildman–Crippen MR) is 109 cm³/mol. The minimum Gasteiger partial charge on any atom is -0.497 e. The second-order valence-corrected chi connectivity index (χ2v) is 6.43. The summed E-state index contributed by atoms with van der Waals surface area (Å²) in [6.07, 6.45) is 0. The molecule has 6 nitrogen and oxygen atoms in total. The third-order valence-corrected chi connectivity index (χ3v) is 4.74. The first-order valence-corrected chi connectivity index (χ1v) is 8.44. The summed E-state index contributed by atoms with van der Waals surface area (Å²) in [6, 6.07) is 5.72. The molecule has 2 rings (SSSR count). The van der Waals surface area contributed by atoms with Gasteiger partial charge in [-0.05, 0) is 25.1 Å². The summed E-state index contributed by atoms with van der Waals surface area (Å²) in [6.45, 7) is 7.74. The first-order valence-electron chi connectivity index (χ1n) is 8.44. The molecule has 1 aliphatic rings. The van der Waals surface area contributed by atoms with Gasteiger partial charge < -0.3 is 20.1 Å². The number of carbonyl (C=O) groups is 1. The molecular formula is C18H31Cl2N3O3. The van der Waals surface area contributed by atoms with Crippen LogP contribution in [0.3, 0.4) is 0 Å². The van der Waals surface area contributed by atoms with E-state index in [4.69, 9.17) is 15.2 Å². The van der Waals surface area contributed by atoms with Crippen LogP contribution < -0.4 is 15.2 Å². The van der Waals surface area contributed by atoms with E-state index in [9.17, 15) is 4.79 Å². The number of hydrogen-bond acceptors (Lipinski definition) is 5. The number of halogens is 2. The van der Waals surface area contributed by atoms with Crippen LogP contribution in [0.1, 0.15) is 19.4 Å². The fraction of sp³-hybridized carbons (Fsp3) is 0.611. The van der Waals surface area contributed by atoms with Crippen LogP contribution in [0.25, 0.3) is 0 Å². The minimum absolute atomic E-state index is 0. The van der Waals surface area contributed by atoms with Gasteiger partial charge in [-0.3, -0.25) is 9.69 Å². The summed E-state index contributed by atoms with van der Waals surface area (Å²) in [4.78, 5) is 16.6. The van der Waals surface area contributed by atoms with E-state index in [1.165, 1.54) is 0 Å². The smallest absolute Gasteiger partial charge is 0.227 e. The third-order valence-electron chi connectivity index (χ3n) is 4.74. The quantitative estimate of drug-likeness (QED) is 0.782. The highest BCUT2D eigenvalue weighted by molar-refractivity contribution is 5.85. The molecule has 0 radical (unpaired) electrons. The molecule has 150 valence electrons. The molecule has 0 spiro atoms. The van der Waals surface area contributed by atoms with Crippen molar-refractivity contribution in [3.8, 4) is 11.5 Å².